The Kier molecular flexibility index (Phi) is 4.99. The second kappa shape index (κ2) is 6.73. The molecule has 3 nitrogen and oxygen atoms in total. The zero-order valence-electron chi connectivity index (χ0n) is 10.5. The van der Waals surface area contributed by atoms with Crippen molar-refractivity contribution in [2.75, 3.05) is 0 Å². The second-order valence-corrected chi connectivity index (χ2v) is 6.47. The molecule has 2 rings (SSSR count). The molecule has 0 unspecified atom stereocenters. The van der Waals surface area contributed by atoms with Gasteiger partial charge in [0.15, 0.2) is 0 Å². The highest BCUT2D eigenvalue weighted by Gasteiger charge is 2.03. The van der Waals surface area contributed by atoms with Gasteiger partial charge in [-0.05, 0) is 64.3 Å². The molecule has 0 spiro atoms. The van der Waals surface area contributed by atoms with Crippen LogP contribution in [0.15, 0.2) is 45.3 Å². The summed E-state index contributed by atoms with van der Waals surface area (Å²) >= 11 is 5.09. The molecule has 0 amide bonds. The van der Waals surface area contributed by atoms with Crippen molar-refractivity contribution in [2.24, 2.45) is 5.16 Å². The third kappa shape index (κ3) is 3.81. The first-order chi connectivity index (χ1) is 9.22. The lowest BCUT2D eigenvalue weighted by atomic mass is 10.1. The summed E-state index contributed by atoms with van der Waals surface area (Å²) in [4.78, 5) is 1.17. The van der Waals surface area contributed by atoms with Crippen LogP contribution in [0.1, 0.15) is 23.8 Å². The molecule has 0 atom stereocenters. The van der Waals surface area contributed by atoms with Gasteiger partial charge in [-0.15, -0.1) is 11.3 Å². The number of benzene rings is 1. The Morgan fingerprint density at radius 1 is 1.26 bits per heavy atom. The molecule has 1 aromatic carbocycles. The van der Waals surface area contributed by atoms with Crippen molar-refractivity contribution in [3.05, 3.63) is 50.6 Å². The number of nitrogens with zero attached hydrogens (tertiary/aromatic N) is 1. The number of rotatable bonds is 5. The van der Waals surface area contributed by atoms with E-state index in [2.05, 4.69) is 21.1 Å². The zero-order chi connectivity index (χ0) is 13.7. The fourth-order valence-electron chi connectivity index (χ4n) is 1.66. The molecule has 0 fully saturated rings. The topological polar surface area (TPSA) is 41.8 Å². The lowest BCUT2D eigenvalue weighted by molar-refractivity contribution is 0.309. The van der Waals surface area contributed by atoms with Gasteiger partial charge in [0.2, 0.25) is 0 Å². The van der Waals surface area contributed by atoms with Gasteiger partial charge in [-0.3, -0.25) is 0 Å². The van der Waals surface area contributed by atoms with E-state index in [1.165, 1.54) is 4.88 Å². The Labute approximate surface area is 124 Å². The molecule has 5 heteroatoms. The first-order valence-corrected chi connectivity index (χ1v) is 7.52. The van der Waals surface area contributed by atoms with Crippen LogP contribution in [0, 0.1) is 0 Å². The highest BCUT2D eigenvalue weighted by molar-refractivity contribution is 9.11. The number of hydrogen-bond donors (Lipinski definition) is 1. The molecule has 1 heterocycles. The van der Waals surface area contributed by atoms with Crippen molar-refractivity contribution in [1.82, 2.24) is 0 Å². The van der Waals surface area contributed by atoms with E-state index in [4.69, 9.17) is 9.94 Å². The van der Waals surface area contributed by atoms with Crippen LogP contribution < -0.4 is 4.74 Å². The molecule has 100 valence electrons. The number of thiophene rings is 1. The summed E-state index contributed by atoms with van der Waals surface area (Å²) < 4.78 is 6.80. The first kappa shape index (κ1) is 14.1. The van der Waals surface area contributed by atoms with Crippen molar-refractivity contribution in [3.63, 3.8) is 0 Å². The predicted octanol–water partition coefficient (Wildman–Crippen LogP) is 4.68. The summed E-state index contributed by atoms with van der Waals surface area (Å²) in [5, 5.41) is 12.1. The van der Waals surface area contributed by atoms with Crippen LogP contribution in [0.4, 0.5) is 0 Å². The molecule has 0 saturated heterocycles. The Morgan fingerprint density at radius 2 is 2.00 bits per heavy atom. The summed E-state index contributed by atoms with van der Waals surface area (Å²) in [7, 11) is 0. The Morgan fingerprint density at radius 3 is 2.53 bits per heavy atom. The molecule has 1 N–H and O–H groups in total. The summed E-state index contributed by atoms with van der Waals surface area (Å²) in [6.07, 6.45) is 0.694. The zero-order valence-corrected chi connectivity index (χ0v) is 12.9. The van der Waals surface area contributed by atoms with Crippen LogP contribution >= 0.6 is 27.3 Å². The Balaban J connectivity index is 1.99. The number of ether oxygens (including phenoxy) is 1. The van der Waals surface area contributed by atoms with Gasteiger partial charge in [0.25, 0.3) is 0 Å². The van der Waals surface area contributed by atoms with E-state index >= 15 is 0 Å². The van der Waals surface area contributed by atoms with Crippen LogP contribution in [0.3, 0.4) is 0 Å². The smallest absolute Gasteiger partial charge is 0.122 e. The minimum atomic E-state index is 0.560. The number of oxime groups is 1. The lowest BCUT2D eigenvalue weighted by Gasteiger charge is -2.06. The Hall–Kier alpha value is -1.33. The first-order valence-electron chi connectivity index (χ1n) is 5.91. The summed E-state index contributed by atoms with van der Waals surface area (Å²) in [6, 6.07) is 11.6. The average molecular weight is 340 g/mol. The predicted molar refractivity (Wildman–Crippen MR) is 81.4 cm³/mol. The van der Waals surface area contributed by atoms with Crippen molar-refractivity contribution in [3.8, 4) is 5.75 Å². The van der Waals surface area contributed by atoms with Crippen LogP contribution in [0.2, 0.25) is 0 Å². The van der Waals surface area contributed by atoms with Gasteiger partial charge >= 0.3 is 0 Å². The van der Waals surface area contributed by atoms with Gasteiger partial charge in [-0.2, -0.15) is 0 Å². The normalized spacial score (nSPS) is 11.6. The maximum Gasteiger partial charge on any atom is 0.122 e. The molecule has 19 heavy (non-hydrogen) atoms. The summed E-state index contributed by atoms with van der Waals surface area (Å²) in [5.74, 6) is 0.807. The largest absolute Gasteiger partial charge is 0.488 e. The second-order valence-electron chi connectivity index (χ2n) is 3.92. The SMILES string of the molecule is CC/C(=N\O)c1ccc(OCc2ccc(Br)s2)cc1. The minimum Gasteiger partial charge on any atom is -0.488 e. The molecule has 0 aliphatic heterocycles. The quantitative estimate of drug-likeness (QED) is 0.488. The van der Waals surface area contributed by atoms with Gasteiger partial charge < -0.3 is 9.94 Å². The van der Waals surface area contributed by atoms with Crippen LogP contribution in [-0.2, 0) is 6.61 Å². The fourth-order valence-corrected chi connectivity index (χ4v) is 3.06. The summed E-state index contributed by atoms with van der Waals surface area (Å²) in [6.45, 7) is 2.51. The van der Waals surface area contributed by atoms with Gasteiger partial charge in [0.1, 0.15) is 12.4 Å². The van der Waals surface area contributed by atoms with Crippen molar-refractivity contribution < 1.29 is 9.94 Å². The van der Waals surface area contributed by atoms with Gasteiger partial charge in [-0.25, -0.2) is 0 Å². The molecular formula is C14H14BrNO2S. The molecular weight excluding hydrogens is 326 g/mol. The third-order valence-electron chi connectivity index (χ3n) is 2.65. The van der Waals surface area contributed by atoms with E-state index in [1.807, 2.05) is 43.3 Å². The number of halogens is 1. The van der Waals surface area contributed by atoms with Crippen LogP contribution in [-0.4, -0.2) is 10.9 Å². The van der Waals surface area contributed by atoms with Crippen LogP contribution in [0.25, 0.3) is 0 Å². The molecule has 0 radical (unpaired) electrons. The molecule has 0 saturated carbocycles. The lowest BCUT2D eigenvalue weighted by Crippen LogP contribution is -1.99. The van der Waals surface area contributed by atoms with Crippen molar-refractivity contribution >= 4 is 33.0 Å². The van der Waals surface area contributed by atoms with E-state index in [0.29, 0.717) is 18.7 Å². The monoisotopic (exact) mass is 339 g/mol. The average Bonchev–Trinajstić information content (AvgIpc) is 2.85. The highest BCUT2D eigenvalue weighted by Crippen LogP contribution is 2.23. The van der Waals surface area contributed by atoms with Gasteiger partial charge in [-0.1, -0.05) is 12.1 Å². The van der Waals surface area contributed by atoms with E-state index in [1.54, 1.807) is 11.3 Å². The van der Waals surface area contributed by atoms with E-state index in [-0.39, 0.29) is 0 Å². The molecule has 0 bridgehead atoms. The van der Waals surface area contributed by atoms with E-state index < -0.39 is 0 Å². The molecule has 0 aliphatic carbocycles. The van der Waals surface area contributed by atoms with Crippen LogP contribution in [0.5, 0.6) is 5.75 Å². The Bertz CT molecular complexity index is 563. The molecule has 0 aliphatic rings. The van der Waals surface area contributed by atoms with E-state index in [9.17, 15) is 0 Å². The summed E-state index contributed by atoms with van der Waals surface area (Å²) in [5.41, 5.74) is 1.59. The highest BCUT2D eigenvalue weighted by atomic mass is 79.9. The fraction of sp³-hybridized carbons (Fsp3) is 0.214. The standard InChI is InChI=1S/C14H14BrNO2S/c1-2-13(16-17)10-3-5-11(6-4-10)18-9-12-7-8-14(15)19-12/h3-8,17H,2,9H2,1H3/b16-13+. The molecule has 1 aromatic heterocycles. The van der Waals surface area contributed by atoms with E-state index in [0.717, 1.165) is 15.1 Å². The van der Waals surface area contributed by atoms with Gasteiger partial charge in [0.05, 0.1) is 9.50 Å². The third-order valence-corrected chi connectivity index (χ3v) is 4.25. The molecule has 2 aromatic rings. The van der Waals surface area contributed by atoms with Crippen molar-refractivity contribution in [1.29, 1.82) is 0 Å². The maximum atomic E-state index is 8.86. The number of hydrogen-bond acceptors (Lipinski definition) is 4. The van der Waals surface area contributed by atoms with Gasteiger partial charge in [0, 0.05) is 4.88 Å². The maximum absolute atomic E-state index is 8.86. The van der Waals surface area contributed by atoms with Crippen molar-refractivity contribution in [2.45, 2.75) is 20.0 Å². The minimum absolute atomic E-state index is 0.560.